The summed E-state index contributed by atoms with van der Waals surface area (Å²) in [5, 5.41) is 0.378. The van der Waals surface area contributed by atoms with E-state index in [1.54, 1.807) is 18.2 Å². The van der Waals surface area contributed by atoms with Crippen LogP contribution in [-0.2, 0) is 14.8 Å². The second-order valence-corrected chi connectivity index (χ2v) is 8.89. The van der Waals surface area contributed by atoms with E-state index >= 15 is 0 Å². The third-order valence-electron chi connectivity index (χ3n) is 4.40. The Morgan fingerprint density at radius 2 is 1.65 bits per heavy atom. The number of ether oxygens (including phenoxy) is 1. The minimum absolute atomic E-state index is 0.0347. The van der Waals surface area contributed by atoms with E-state index in [4.69, 9.17) is 16.3 Å². The summed E-state index contributed by atoms with van der Waals surface area (Å²) in [5.41, 5.74) is 0.506. The van der Waals surface area contributed by atoms with Crippen molar-refractivity contribution in [1.82, 2.24) is 0 Å². The standard InChI is InChI=1S/C22H17ClFNO5S/c1-25(19-6-3-5-17(23)13-19)31(28,29)20-7-2-4-16(12-20)22(27)30-14-21(26)15-8-10-18(24)11-9-15/h2-13H,14H2,1H3. The Bertz CT molecular complexity index is 1230. The van der Waals surface area contributed by atoms with Crippen molar-refractivity contribution in [3.05, 3.63) is 94.8 Å². The fourth-order valence-corrected chi connectivity index (χ4v) is 4.10. The van der Waals surface area contributed by atoms with Gasteiger partial charge in [-0.15, -0.1) is 0 Å². The molecule has 0 saturated carbocycles. The van der Waals surface area contributed by atoms with E-state index in [0.29, 0.717) is 10.7 Å². The van der Waals surface area contributed by atoms with Crippen LogP contribution in [0.4, 0.5) is 10.1 Å². The lowest BCUT2D eigenvalue weighted by Crippen LogP contribution is -2.26. The lowest BCUT2D eigenvalue weighted by Gasteiger charge is -2.20. The highest BCUT2D eigenvalue weighted by Gasteiger charge is 2.23. The molecule has 3 rings (SSSR count). The van der Waals surface area contributed by atoms with Crippen LogP contribution in [0.2, 0.25) is 5.02 Å². The summed E-state index contributed by atoms with van der Waals surface area (Å²) >= 11 is 5.94. The van der Waals surface area contributed by atoms with Crippen molar-refractivity contribution in [3.63, 3.8) is 0 Å². The number of carbonyl (C=O) groups excluding carboxylic acids is 2. The number of nitrogens with zero attached hydrogens (tertiary/aromatic N) is 1. The number of rotatable bonds is 7. The van der Waals surface area contributed by atoms with Gasteiger partial charge in [-0.3, -0.25) is 9.10 Å². The first-order valence-electron chi connectivity index (χ1n) is 8.99. The third kappa shape index (κ3) is 5.28. The lowest BCUT2D eigenvalue weighted by molar-refractivity contribution is 0.0474. The highest BCUT2D eigenvalue weighted by molar-refractivity contribution is 7.92. The van der Waals surface area contributed by atoms with Gasteiger partial charge in [-0.2, -0.15) is 0 Å². The van der Waals surface area contributed by atoms with Gasteiger partial charge in [-0.05, 0) is 60.7 Å². The summed E-state index contributed by atoms with van der Waals surface area (Å²) in [6, 6.07) is 16.4. The zero-order chi connectivity index (χ0) is 22.6. The van der Waals surface area contributed by atoms with Gasteiger partial charge in [0.1, 0.15) is 5.82 Å². The van der Waals surface area contributed by atoms with Crippen LogP contribution in [0.3, 0.4) is 0 Å². The molecule has 0 fully saturated rings. The van der Waals surface area contributed by atoms with Crippen LogP contribution >= 0.6 is 11.6 Å². The molecule has 9 heteroatoms. The van der Waals surface area contributed by atoms with Crippen LogP contribution in [0.5, 0.6) is 0 Å². The maximum Gasteiger partial charge on any atom is 0.338 e. The van der Waals surface area contributed by atoms with Gasteiger partial charge in [0.2, 0.25) is 0 Å². The van der Waals surface area contributed by atoms with Crippen LogP contribution in [0.15, 0.2) is 77.7 Å². The number of hydrogen-bond donors (Lipinski definition) is 0. The zero-order valence-corrected chi connectivity index (χ0v) is 17.9. The number of Topliss-reactive ketones (excluding diaryl/α,β-unsaturated/α-hetero) is 1. The van der Waals surface area contributed by atoms with Crippen molar-refractivity contribution in [2.75, 3.05) is 18.0 Å². The maximum atomic E-state index is 12.9. The summed E-state index contributed by atoms with van der Waals surface area (Å²) in [6.07, 6.45) is 0. The third-order valence-corrected chi connectivity index (χ3v) is 6.42. The second kappa shape index (κ2) is 9.28. The predicted octanol–water partition coefficient (Wildman–Crippen LogP) is 4.34. The molecule has 0 aromatic heterocycles. The SMILES string of the molecule is CN(c1cccc(Cl)c1)S(=O)(=O)c1cccc(C(=O)OCC(=O)c2ccc(F)cc2)c1. The average molecular weight is 462 g/mol. The Hall–Kier alpha value is -3.23. The molecule has 3 aromatic carbocycles. The first kappa shape index (κ1) is 22.5. The molecule has 6 nitrogen and oxygen atoms in total. The molecule has 0 heterocycles. The van der Waals surface area contributed by atoms with Gasteiger partial charge in [0.25, 0.3) is 10.0 Å². The summed E-state index contributed by atoms with van der Waals surface area (Å²) < 4.78 is 44.9. The molecule has 0 aliphatic rings. The fourth-order valence-electron chi connectivity index (χ4n) is 2.69. The highest BCUT2D eigenvalue weighted by Crippen LogP contribution is 2.25. The molecule has 0 unspecified atom stereocenters. The molecule has 31 heavy (non-hydrogen) atoms. The maximum absolute atomic E-state index is 12.9. The number of anilines is 1. The highest BCUT2D eigenvalue weighted by atomic mass is 35.5. The largest absolute Gasteiger partial charge is 0.454 e. The van der Waals surface area contributed by atoms with Gasteiger partial charge < -0.3 is 4.74 Å². The summed E-state index contributed by atoms with van der Waals surface area (Å²) in [4.78, 5) is 24.3. The van der Waals surface area contributed by atoms with Crippen molar-refractivity contribution in [2.45, 2.75) is 4.90 Å². The van der Waals surface area contributed by atoms with Crippen molar-refractivity contribution >= 4 is 39.1 Å². The van der Waals surface area contributed by atoms with E-state index in [2.05, 4.69) is 0 Å². The predicted molar refractivity (Wildman–Crippen MR) is 114 cm³/mol. The average Bonchev–Trinajstić information content (AvgIpc) is 2.77. The zero-order valence-electron chi connectivity index (χ0n) is 16.3. The van der Waals surface area contributed by atoms with Crippen LogP contribution in [-0.4, -0.2) is 33.8 Å². The molecule has 0 radical (unpaired) electrons. The summed E-state index contributed by atoms with van der Waals surface area (Å²) in [6.45, 7) is -0.566. The Balaban J connectivity index is 1.75. The van der Waals surface area contributed by atoms with E-state index in [0.717, 1.165) is 16.4 Å². The molecule has 160 valence electrons. The van der Waals surface area contributed by atoms with Gasteiger partial charge in [0.05, 0.1) is 16.1 Å². The van der Waals surface area contributed by atoms with Crippen LogP contribution < -0.4 is 4.31 Å². The van der Waals surface area contributed by atoms with Gasteiger partial charge in [-0.25, -0.2) is 17.6 Å². The summed E-state index contributed by atoms with van der Waals surface area (Å²) in [7, 11) is -2.61. The van der Waals surface area contributed by atoms with E-state index < -0.39 is 34.2 Å². The van der Waals surface area contributed by atoms with Gasteiger partial charge in [0.15, 0.2) is 12.4 Å². The molecule has 0 N–H and O–H groups in total. The lowest BCUT2D eigenvalue weighted by atomic mass is 10.1. The molecular formula is C22H17ClFNO5S. The molecule has 0 aliphatic carbocycles. The Morgan fingerprint density at radius 3 is 2.32 bits per heavy atom. The number of hydrogen-bond acceptors (Lipinski definition) is 5. The van der Waals surface area contributed by atoms with Crippen LogP contribution in [0.1, 0.15) is 20.7 Å². The topological polar surface area (TPSA) is 80.8 Å². The number of sulfonamides is 1. The van der Waals surface area contributed by atoms with Crippen LogP contribution in [0, 0.1) is 5.82 Å². The monoisotopic (exact) mass is 461 g/mol. The molecule has 0 spiro atoms. The van der Waals surface area contributed by atoms with E-state index in [1.807, 2.05) is 0 Å². The number of halogens is 2. The Kier molecular flexibility index (Phi) is 6.72. The van der Waals surface area contributed by atoms with Gasteiger partial charge in [0, 0.05) is 17.6 Å². The molecule has 0 bridgehead atoms. The van der Waals surface area contributed by atoms with Gasteiger partial charge >= 0.3 is 5.97 Å². The quantitative estimate of drug-likeness (QED) is 0.386. The fraction of sp³-hybridized carbons (Fsp3) is 0.0909. The van der Waals surface area contributed by atoms with Gasteiger partial charge in [-0.1, -0.05) is 23.7 Å². The Labute approximate surface area is 183 Å². The smallest absolute Gasteiger partial charge is 0.338 e. The molecule has 0 saturated heterocycles. The second-order valence-electron chi connectivity index (χ2n) is 6.49. The van der Waals surface area contributed by atoms with Crippen LogP contribution in [0.25, 0.3) is 0 Å². The Morgan fingerprint density at radius 1 is 0.968 bits per heavy atom. The first-order valence-corrected chi connectivity index (χ1v) is 10.8. The number of carbonyl (C=O) groups is 2. The minimum atomic E-state index is -3.98. The first-order chi connectivity index (χ1) is 14.7. The number of esters is 1. The normalized spacial score (nSPS) is 11.1. The molecule has 3 aromatic rings. The van der Waals surface area contributed by atoms with E-state index in [1.165, 1.54) is 49.5 Å². The number of ketones is 1. The van der Waals surface area contributed by atoms with Crippen molar-refractivity contribution < 1.29 is 27.1 Å². The van der Waals surface area contributed by atoms with E-state index in [-0.39, 0.29) is 16.0 Å². The molecule has 0 aliphatic heterocycles. The molecule has 0 atom stereocenters. The van der Waals surface area contributed by atoms with Crippen molar-refractivity contribution in [2.24, 2.45) is 0 Å². The minimum Gasteiger partial charge on any atom is -0.454 e. The molecular weight excluding hydrogens is 445 g/mol. The summed E-state index contributed by atoms with van der Waals surface area (Å²) in [5.74, 6) is -1.87. The number of benzene rings is 3. The van der Waals surface area contributed by atoms with E-state index in [9.17, 15) is 22.4 Å². The van der Waals surface area contributed by atoms with Crippen molar-refractivity contribution in [3.8, 4) is 0 Å². The molecule has 0 amide bonds. The van der Waals surface area contributed by atoms with Crippen molar-refractivity contribution in [1.29, 1.82) is 0 Å².